The molecule has 138 valence electrons. The molecule has 0 spiro atoms. The van der Waals surface area contributed by atoms with Crippen molar-refractivity contribution in [2.45, 2.75) is 0 Å². The van der Waals surface area contributed by atoms with Gasteiger partial charge in [-0.25, -0.2) is 9.69 Å². The molecule has 8 heteroatoms. The summed E-state index contributed by atoms with van der Waals surface area (Å²) in [6, 6.07) is 12.4. The fraction of sp³-hybridized carbons (Fsp3) is 0.105. The van der Waals surface area contributed by atoms with Gasteiger partial charge >= 0.3 is 6.03 Å². The van der Waals surface area contributed by atoms with Gasteiger partial charge in [-0.05, 0) is 36.4 Å². The van der Waals surface area contributed by atoms with Crippen molar-refractivity contribution in [2.75, 3.05) is 23.1 Å². The first-order valence-corrected chi connectivity index (χ1v) is 8.05. The van der Waals surface area contributed by atoms with Gasteiger partial charge in [0.1, 0.15) is 5.75 Å². The molecular formula is C19H18N4O4. The first kappa shape index (κ1) is 18.0. The minimum absolute atomic E-state index is 0.112. The summed E-state index contributed by atoms with van der Waals surface area (Å²) >= 11 is 0. The average molecular weight is 366 g/mol. The van der Waals surface area contributed by atoms with E-state index in [0.717, 1.165) is 4.90 Å². The molecule has 8 nitrogen and oxygen atoms in total. The molecule has 0 unspecified atom stereocenters. The van der Waals surface area contributed by atoms with E-state index >= 15 is 0 Å². The molecule has 0 bridgehead atoms. The van der Waals surface area contributed by atoms with Crippen molar-refractivity contribution in [1.29, 1.82) is 0 Å². The molecule has 2 aromatic rings. The van der Waals surface area contributed by atoms with Crippen LogP contribution in [0.1, 0.15) is 0 Å². The van der Waals surface area contributed by atoms with Crippen LogP contribution in [-0.4, -0.2) is 25.0 Å². The summed E-state index contributed by atoms with van der Waals surface area (Å²) in [5.41, 5.74) is 7.24. The van der Waals surface area contributed by atoms with Crippen molar-refractivity contribution in [3.63, 3.8) is 0 Å². The molecule has 1 aliphatic rings. The number of rotatable bonds is 5. The number of carbonyl (C=O) groups is 3. The van der Waals surface area contributed by atoms with Crippen molar-refractivity contribution in [3.8, 4) is 5.75 Å². The molecule has 2 aromatic carbocycles. The maximum Gasteiger partial charge on any atom is 0.335 e. The molecule has 0 saturated carbocycles. The molecule has 1 saturated heterocycles. The lowest BCUT2D eigenvalue weighted by atomic mass is 10.0. The number of nitrogens with one attached hydrogen (secondary N) is 2. The van der Waals surface area contributed by atoms with Crippen LogP contribution in [0, 0.1) is 5.92 Å². The first-order valence-electron chi connectivity index (χ1n) is 8.05. The number of benzene rings is 2. The van der Waals surface area contributed by atoms with E-state index in [0.29, 0.717) is 22.8 Å². The number of methoxy groups -OCH3 is 1. The van der Waals surface area contributed by atoms with Crippen LogP contribution in [-0.2, 0) is 9.59 Å². The minimum atomic E-state index is -1.29. The topological polar surface area (TPSA) is 114 Å². The van der Waals surface area contributed by atoms with Gasteiger partial charge < -0.3 is 15.8 Å². The Morgan fingerprint density at radius 3 is 2.44 bits per heavy atom. The Morgan fingerprint density at radius 2 is 1.81 bits per heavy atom. The van der Waals surface area contributed by atoms with Gasteiger partial charge in [0.15, 0.2) is 5.92 Å². The van der Waals surface area contributed by atoms with E-state index in [2.05, 4.69) is 17.2 Å². The van der Waals surface area contributed by atoms with Gasteiger partial charge in [0.2, 0.25) is 5.91 Å². The third-order valence-electron chi connectivity index (χ3n) is 4.10. The van der Waals surface area contributed by atoms with Crippen LogP contribution in [0.3, 0.4) is 0 Å². The SMILES string of the molecule is C=C(Nc1ccccc1N)[C@@H]1C(=O)NC(=O)N(c2ccc(OC)cc2)C1=O. The van der Waals surface area contributed by atoms with E-state index in [4.69, 9.17) is 10.5 Å². The van der Waals surface area contributed by atoms with E-state index in [-0.39, 0.29) is 5.70 Å². The summed E-state index contributed by atoms with van der Waals surface area (Å²) in [4.78, 5) is 38.3. The second kappa shape index (κ2) is 7.20. The van der Waals surface area contributed by atoms with Crippen molar-refractivity contribution in [2.24, 2.45) is 5.92 Å². The van der Waals surface area contributed by atoms with E-state index in [9.17, 15) is 14.4 Å². The molecule has 3 rings (SSSR count). The summed E-state index contributed by atoms with van der Waals surface area (Å²) in [7, 11) is 1.51. The smallest absolute Gasteiger partial charge is 0.335 e. The van der Waals surface area contributed by atoms with Crippen LogP contribution in [0.2, 0.25) is 0 Å². The highest BCUT2D eigenvalue weighted by Crippen LogP contribution is 2.27. The molecule has 0 radical (unpaired) electrons. The fourth-order valence-electron chi connectivity index (χ4n) is 2.71. The van der Waals surface area contributed by atoms with Crippen molar-refractivity contribution in [1.82, 2.24) is 5.32 Å². The lowest BCUT2D eigenvalue weighted by molar-refractivity contribution is -0.132. The standard InChI is InChI=1S/C19H18N4O4/c1-11(21-15-6-4-3-5-14(15)20)16-17(24)22-19(26)23(18(16)25)12-7-9-13(27-2)10-8-12/h3-10,16,21H,1,20H2,2H3,(H,22,24,26)/t16-/m1/s1. The Bertz CT molecular complexity index is 924. The lowest BCUT2D eigenvalue weighted by Crippen LogP contribution is -2.59. The van der Waals surface area contributed by atoms with Gasteiger partial charge in [0, 0.05) is 5.70 Å². The number of anilines is 3. The Hall–Kier alpha value is -3.81. The Balaban J connectivity index is 1.87. The minimum Gasteiger partial charge on any atom is -0.497 e. The van der Waals surface area contributed by atoms with Gasteiger partial charge in [-0.1, -0.05) is 18.7 Å². The van der Waals surface area contributed by atoms with Crippen LogP contribution in [0.25, 0.3) is 0 Å². The first-order chi connectivity index (χ1) is 12.9. The van der Waals surface area contributed by atoms with E-state index in [1.54, 1.807) is 48.5 Å². The third kappa shape index (κ3) is 3.45. The number of para-hydroxylation sites is 2. The maximum absolute atomic E-state index is 12.9. The second-order valence-electron chi connectivity index (χ2n) is 5.84. The number of nitrogens with zero attached hydrogens (tertiary/aromatic N) is 1. The number of hydrogen-bond acceptors (Lipinski definition) is 6. The number of ether oxygens (including phenoxy) is 1. The molecule has 1 atom stereocenters. The Kier molecular flexibility index (Phi) is 4.80. The molecule has 4 amide bonds. The molecule has 0 aliphatic carbocycles. The van der Waals surface area contributed by atoms with Gasteiger partial charge in [-0.15, -0.1) is 0 Å². The zero-order valence-electron chi connectivity index (χ0n) is 14.6. The van der Waals surface area contributed by atoms with Gasteiger partial charge in [0.05, 0.1) is 24.2 Å². The zero-order chi connectivity index (χ0) is 19.6. The summed E-state index contributed by atoms with van der Waals surface area (Å²) in [5, 5.41) is 5.07. The summed E-state index contributed by atoms with van der Waals surface area (Å²) in [6.07, 6.45) is 0. The molecule has 0 aromatic heterocycles. The van der Waals surface area contributed by atoms with Crippen LogP contribution in [0.4, 0.5) is 21.9 Å². The molecule has 27 heavy (non-hydrogen) atoms. The largest absolute Gasteiger partial charge is 0.497 e. The molecule has 4 N–H and O–H groups in total. The number of nitrogen functional groups attached to an aromatic ring is 1. The van der Waals surface area contributed by atoms with Gasteiger partial charge in [-0.3, -0.25) is 14.9 Å². The van der Waals surface area contributed by atoms with Crippen LogP contribution < -0.4 is 26.0 Å². The highest BCUT2D eigenvalue weighted by atomic mass is 16.5. The maximum atomic E-state index is 12.9. The Morgan fingerprint density at radius 1 is 1.15 bits per heavy atom. The lowest BCUT2D eigenvalue weighted by Gasteiger charge is -2.31. The normalized spacial score (nSPS) is 16.7. The molecular weight excluding hydrogens is 348 g/mol. The van der Waals surface area contributed by atoms with E-state index < -0.39 is 23.8 Å². The molecule has 1 heterocycles. The summed E-state index contributed by atoms with van der Waals surface area (Å²) < 4.78 is 5.07. The number of amides is 4. The number of nitrogens with two attached hydrogens (primary N) is 1. The highest BCUT2D eigenvalue weighted by molar-refractivity contribution is 6.29. The molecule has 1 aliphatic heterocycles. The summed E-state index contributed by atoms with van der Waals surface area (Å²) in [6.45, 7) is 3.79. The van der Waals surface area contributed by atoms with Crippen molar-refractivity contribution < 1.29 is 19.1 Å². The number of hydrogen-bond donors (Lipinski definition) is 3. The van der Waals surface area contributed by atoms with E-state index in [1.807, 2.05) is 0 Å². The van der Waals surface area contributed by atoms with E-state index in [1.165, 1.54) is 7.11 Å². The van der Waals surface area contributed by atoms with Gasteiger partial charge in [-0.2, -0.15) is 0 Å². The number of carbonyl (C=O) groups excluding carboxylic acids is 3. The highest BCUT2D eigenvalue weighted by Gasteiger charge is 2.43. The van der Waals surface area contributed by atoms with Crippen molar-refractivity contribution in [3.05, 3.63) is 60.8 Å². The van der Waals surface area contributed by atoms with Crippen LogP contribution in [0.15, 0.2) is 60.8 Å². The van der Waals surface area contributed by atoms with Crippen LogP contribution >= 0.6 is 0 Å². The third-order valence-corrected chi connectivity index (χ3v) is 4.10. The van der Waals surface area contributed by atoms with Crippen LogP contribution in [0.5, 0.6) is 5.75 Å². The van der Waals surface area contributed by atoms with Gasteiger partial charge in [0.25, 0.3) is 5.91 Å². The predicted octanol–water partition coefficient (Wildman–Crippen LogP) is 2.10. The zero-order valence-corrected chi connectivity index (χ0v) is 14.6. The monoisotopic (exact) mass is 366 g/mol. The molecule has 1 fully saturated rings. The Labute approximate surface area is 155 Å². The fourth-order valence-corrected chi connectivity index (χ4v) is 2.71. The number of urea groups is 1. The number of barbiturate groups is 1. The number of imide groups is 2. The average Bonchev–Trinajstić information content (AvgIpc) is 2.64. The quantitative estimate of drug-likeness (QED) is 0.552. The summed E-state index contributed by atoms with van der Waals surface area (Å²) in [5.74, 6) is -2.17. The van der Waals surface area contributed by atoms with Crippen molar-refractivity contribution >= 4 is 34.9 Å². The predicted molar refractivity (Wildman–Crippen MR) is 101 cm³/mol. The second-order valence-corrected chi connectivity index (χ2v) is 5.84.